The fourth-order valence-corrected chi connectivity index (χ4v) is 1.43. The SMILES string of the molecule is CC(C)NC(C(N)=O)c1ccc(C#N)cc1. The highest BCUT2D eigenvalue weighted by Crippen LogP contribution is 2.14. The molecule has 84 valence electrons. The van der Waals surface area contributed by atoms with E-state index in [-0.39, 0.29) is 6.04 Å². The monoisotopic (exact) mass is 217 g/mol. The van der Waals surface area contributed by atoms with E-state index in [9.17, 15) is 4.79 Å². The van der Waals surface area contributed by atoms with E-state index in [1.54, 1.807) is 24.3 Å². The van der Waals surface area contributed by atoms with Crippen LogP contribution < -0.4 is 11.1 Å². The Kier molecular flexibility index (Phi) is 4.03. The van der Waals surface area contributed by atoms with Gasteiger partial charge in [-0.05, 0) is 31.5 Å². The lowest BCUT2D eigenvalue weighted by Crippen LogP contribution is -2.37. The molecule has 4 nitrogen and oxygen atoms in total. The Bertz CT molecular complexity index is 403. The number of amides is 1. The number of carbonyl (C=O) groups excluding carboxylic acids is 1. The van der Waals surface area contributed by atoms with Gasteiger partial charge in [0.05, 0.1) is 11.6 Å². The lowest BCUT2D eigenvalue weighted by Gasteiger charge is -2.18. The average molecular weight is 217 g/mol. The molecule has 0 saturated heterocycles. The summed E-state index contributed by atoms with van der Waals surface area (Å²) < 4.78 is 0. The quantitative estimate of drug-likeness (QED) is 0.792. The summed E-state index contributed by atoms with van der Waals surface area (Å²) in [5.41, 5.74) is 6.67. The number of hydrogen-bond acceptors (Lipinski definition) is 3. The summed E-state index contributed by atoms with van der Waals surface area (Å²) in [6, 6.07) is 8.51. The summed E-state index contributed by atoms with van der Waals surface area (Å²) in [5.74, 6) is -0.418. The van der Waals surface area contributed by atoms with Crippen molar-refractivity contribution in [3.63, 3.8) is 0 Å². The third kappa shape index (κ3) is 3.07. The van der Waals surface area contributed by atoms with Gasteiger partial charge in [-0.15, -0.1) is 0 Å². The van der Waals surface area contributed by atoms with E-state index in [1.165, 1.54) is 0 Å². The Morgan fingerprint density at radius 3 is 2.31 bits per heavy atom. The number of carbonyl (C=O) groups is 1. The van der Waals surface area contributed by atoms with Gasteiger partial charge in [-0.3, -0.25) is 10.1 Å². The molecule has 0 aromatic heterocycles. The van der Waals surface area contributed by atoms with Gasteiger partial charge in [0.25, 0.3) is 0 Å². The molecule has 0 heterocycles. The Morgan fingerprint density at radius 2 is 1.94 bits per heavy atom. The molecule has 1 rings (SSSR count). The lowest BCUT2D eigenvalue weighted by atomic mass is 10.0. The van der Waals surface area contributed by atoms with E-state index in [4.69, 9.17) is 11.0 Å². The van der Waals surface area contributed by atoms with Crippen LogP contribution in [0.25, 0.3) is 0 Å². The zero-order valence-electron chi connectivity index (χ0n) is 9.40. The largest absolute Gasteiger partial charge is 0.368 e. The summed E-state index contributed by atoms with van der Waals surface area (Å²) in [5, 5.41) is 11.7. The first-order chi connectivity index (χ1) is 7.54. The minimum absolute atomic E-state index is 0.160. The van der Waals surface area contributed by atoms with Crippen LogP contribution in [0.3, 0.4) is 0 Å². The van der Waals surface area contributed by atoms with Gasteiger partial charge < -0.3 is 5.73 Å². The molecular weight excluding hydrogens is 202 g/mol. The molecule has 4 heteroatoms. The maximum absolute atomic E-state index is 11.3. The van der Waals surface area contributed by atoms with Crippen LogP contribution in [-0.2, 0) is 4.79 Å². The van der Waals surface area contributed by atoms with Crippen molar-refractivity contribution in [3.8, 4) is 6.07 Å². The van der Waals surface area contributed by atoms with E-state index in [0.717, 1.165) is 5.56 Å². The van der Waals surface area contributed by atoms with Crippen molar-refractivity contribution in [2.75, 3.05) is 0 Å². The van der Waals surface area contributed by atoms with Crippen molar-refractivity contribution in [1.82, 2.24) is 5.32 Å². The number of nitrogens with zero attached hydrogens (tertiary/aromatic N) is 1. The fraction of sp³-hybridized carbons (Fsp3) is 0.333. The molecule has 3 N–H and O–H groups in total. The van der Waals surface area contributed by atoms with Crippen LogP contribution in [0.4, 0.5) is 0 Å². The first-order valence-electron chi connectivity index (χ1n) is 5.10. The van der Waals surface area contributed by atoms with Gasteiger partial charge in [0.1, 0.15) is 6.04 Å². The van der Waals surface area contributed by atoms with Crippen LogP contribution in [0.2, 0.25) is 0 Å². The molecule has 0 aliphatic rings. The van der Waals surface area contributed by atoms with Gasteiger partial charge in [-0.25, -0.2) is 0 Å². The van der Waals surface area contributed by atoms with Crippen LogP contribution >= 0.6 is 0 Å². The van der Waals surface area contributed by atoms with E-state index in [2.05, 4.69) is 5.32 Å². The van der Waals surface area contributed by atoms with Crippen molar-refractivity contribution in [2.24, 2.45) is 5.73 Å². The number of nitrogens with one attached hydrogen (secondary N) is 1. The van der Waals surface area contributed by atoms with Gasteiger partial charge in [-0.2, -0.15) is 5.26 Å². The predicted molar refractivity (Wildman–Crippen MR) is 61.4 cm³/mol. The Morgan fingerprint density at radius 1 is 1.38 bits per heavy atom. The highest BCUT2D eigenvalue weighted by Gasteiger charge is 2.17. The van der Waals surface area contributed by atoms with Crippen molar-refractivity contribution >= 4 is 5.91 Å². The zero-order valence-corrected chi connectivity index (χ0v) is 9.40. The minimum atomic E-state index is -0.507. The average Bonchev–Trinajstić information content (AvgIpc) is 2.25. The molecule has 0 aliphatic carbocycles. The maximum atomic E-state index is 11.3. The van der Waals surface area contributed by atoms with E-state index >= 15 is 0 Å². The second kappa shape index (κ2) is 5.29. The Balaban J connectivity index is 2.93. The molecule has 0 fully saturated rings. The highest BCUT2D eigenvalue weighted by atomic mass is 16.1. The van der Waals surface area contributed by atoms with Crippen molar-refractivity contribution < 1.29 is 4.79 Å². The van der Waals surface area contributed by atoms with Crippen molar-refractivity contribution in [1.29, 1.82) is 5.26 Å². The molecule has 0 bridgehead atoms. The number of hydrogen-bond donors (Lipinski definition) is 2. The molecular formula is C12H15N3O. The van der Waals surface area contributed by atoms with Gasteiger partial charge in [0.2, 0.25) is 5.91 Å². The zero-order chi connectivity index (χ0) is 12.1. The van der Waals surface area contributed by atoms with Crippen LogP contribution in [0.1, 0.15) is 31.0 Å². The standard InChI is InChI=1S/C12H15N3O/c1-8(2)15-11(12(14)16)10-5-3-9(7-13)4-6-10/h3-6,8,11,15H,1-2H3,(H2,14,16). The summed E-state index contributed by atoms with van der Waals surface area (Å²) in [7, 11) is 0. The Labute approximate surface area is 95.1 Å². The topological polar surface area (TPSA) is 78.9 Å². The number of nitrogens with two attached hydrogens (primary N) is 1. The van der Waals surface area contributed by atoms with Crippen molar-refractivity contribution in [2.45, 2.75) is 25.9 Å². The second-order valence-corrected chi connectivity index (χ2v) is 3.89. The van der Waals surface area contributed by atoms with E-state index < -0.39 is 11.9 Å². The summed E-state index contributed by atoms with van der Waals surface area (Å²) in [4.78, 5) is 11.3. The normalized spacial score (nSPS) is 12.1. The molecule has 0 aliphatic heterocycles. The van der Waals surface area contributed by atoms with Gasteiger partial charge in [0, 0.05) is 6.04 Å². The summed E-state index contributed by atoms with van der Waals surface area (Å²) in [6.07, 6.45) is 0. The summed E-state index contributed by atoms with van der Waals surface area (Å²) in [6.45, 7) is 3.89. The van der Waals surface area contributed by atoms with Gasteiger partial charge >= 0.3 is 0 Å². The molecule has 0 saturated carbocycles. The fourth-order valence-electron chi connectivity index (χ4n) is 1.43. The molecule has 16 heavy (non-hydrogen) atoms. The first kappa shape index (κ1) is 12.2. The molecule has 1 amide bonds. The molecule has 1 atom stereocenters. The lowest BCUT2D eigenvalue weighted by molar-refractivity contribution is -0.120. The maximum Gasteiger partial charge on any atom is 0.239 e. The number of primary amides is 1. The highest BCUT2D eigenvalue weighted by molar-refractivity contribution is 5.81. The molecule has 1 unspecified atom stereocenters. The van der Waals surface area contributed by atoms with Gasteiger partial charge in [0.15, 0.2) is 0 Å². The number of benzene rings is 1. The molecule has 1 aromatic rings. The smallest absolute Gasteiger partial charge is 0.239 e. The van der Waals surface area contributed by atoms with Crippen LogP contribution in [0.15, 0.2) is 24.3 Å². The number of nitriles is 1. The third-order valence-electron chi connectivity index (χ3n) is 2.16. The minimum Gasteiger partial charge on any atom is -0.368 e. The Hall–Kier alpha value is -1.86. The first-order valence-corrected chi connectivity index (χ1v) is 5.10. The molecule has 0 radical (unpaired) electrons. The predicted octanol–water partition coefficient (Wildman–Crippen LogP) is 1.08. The molecule has 0 spiro atoms. The third-order valence-corrected chi connectivity index (χ3v) is 2.16. The van der Waals surface area contributed by atoms with E-state index in [1.807, 2.05) is 19.9 Å². The van der Waals surface area contributed by atoms with Crippen LogP contribution in [0, 0.1) is 11.3 Å². The van der Waals surface area contributed by atoms with Crippen molar-refractivity contribution in [3.05, 3.63) is 35.4 Å². The second-order valence-electron chi connectivity index (χ2n) is 3.89. The molecule has 1 aromatic carbocycles. The van der Waals surface area contributed by atoms with Crippen LogP contribution in [-0.4, -0.2) is 11.9 Å². The van der Waals surface area contributed by atoms with E-state index in [0.29, 0.717) is 5.56 Å². The van der Waals surface area contributed by atoms with Crippen LogP contribution in [0.5, 0.6) is 0 Å². The summed E-state index contributed by atoms with van der Waals surface area (Å²) >= 11 is 0. The van der Waals surface area contributed by atoms with Gasteiger partial charge in [-0.1, -0.05) is 12.1 Å². The number of rotatable bonds is 4.